The van der Waals surface area contributed by atoms with Crippen LogP contribution in [0, 0.1) is 0 Å². The van der Waals surface area contributed by atoms with E-state index in [-0.39, 0.29) is 5.97 Å². The zero-order chi connectivity index (χ0) is 13.7. The van der Waals surface area contributed by atoms with Crippen molar-refractivity contribution < 1.29 is 9.53 Å². The van der Waals surface area contributed by atoms with Crippen LogP contribution in [0.4, 0.5) is 0 Å². The molecule has 0 spiro atoms. The maximum absolute atomic E-state index is 11.7. The van der Waals surface area contributed by atoms with E-state index in [1.54, 1.807) is 0 Å². The van der Waals surface area contributed by atoms with Gasteiger partial charge in [-0.05, 0) is 44.6 Å². The number of benzene rings is 1. The Morgan fingerprint density at radius 1 is 1.37 bits per heavy atom. The number of hydrogen-bond acceptors (Lipinski definition) is 4. The maximum atomic E-state index is 11.7. The molecule has 1 N–H and O–H groups in total. The molecular weight excluding hydrogens is 240 g/mol. The summed E-state index contributed by atoms with van der Waals surface area (Å²) in [6.45, 7) is 2.94. The number of hydrogen-bond donors (Lipinski definition) is 1. The van der Waals surface area contributed by atoms with Crippen molar-refractivity contribution in [2.45, 2.75) is 25.4 Å². The molecule has 104 valence electrons. The van der Waals surface area contributed by atoms with Gasteiger partial charge in [0.1, 0.15) is 0 Å². The number of carbonyl (C=O) groups excluding carboxylic acids is 1. The highest BCUT2D eigenvalue weighted by molar-refractivity contribution is 5.90. The minimum absolute atomic E-state index is 0.255. The normalized spacial score (nSPS) is 16.6. The smallest absolute Gasteiger partial charge is 0.338 e. The summed E-state index contributed by atoms with van der Waals surface area (Å²) in [6.07, 6.45) is 2.33. The van der Waals surface area contributed by atoms with Crippen LogP contribution in [0.5, 0.6) is 0 Å². The number of ether oxygens (including phenoxy) is 1. The average molecular weight is 262 g/mol. The lowest BCUT2D eigenvalue weighted by Gasteiger charge is -2.32. The Morgan fingerprint density at radius 3 is 2.74 bits per heavy atom. The third-order valence-corrected chi connectivity index (χ3v) is 3.77. The monoisotopic (exact) mass is 262 g/mol. The van der Waals surface area contributed by atoms with Gasteiger partial charge in [0.25, 0.3) is 0 Å². The van der Waals surface area contributed by atoms with Crippen molar-refractivity contribution in [3.63, 3.8) is 0 Å². The van der Waals surface area contributed by atoms with E-state index < -0.39 is 0 Å². The second kappa shape index (κ2) is 6.68. The van der Waals surface area contributed by atoms with Crippen LogP contribution in [-0.4, -0.2) is 44.2 Å². The molecule has 0 bridgehead atoms. The molecule has 0 saturated carbocycles. The Balaban J connectivity index is 2.07. The van der Waals surface area contributed by atoms with Crippen LogP contribution < -0.4 is 5.32 Å². The van der Waals surface area contributed by atoms with Gasteiger partial charge in [0, 0.05) is 12.6 Å². The highest BCUT2D eigenvalue weighted by Crippen LogP contribution is 2.17. The van der Waals surface area contributed by atoms with Crippen molar-refractivity contribution in [1.29, 1.82) is 0 Å². The van der Waals surface area contributed by atoms with Crippen molar-refractivity contribution >= 4 is 5.97 Å². The van der Waals surface area contributed by atoms with Crippen molar-refractivity contribution in [1.82, 2.24) is 10.2 Å². The second-order valence-electron chi connectivity index (χ2n) is 5.05. The van der Waals surface area contributed by atoms with Gasteiger partial charge in [-0.3, -0.25) is 4.90 Å². The fourth-order valence-electron chi connectivity index (χ4n) is 2.61. The molecule has 4 heteroatoms. The molecule has 0 aromatic heterocycles. The van der Waals surface area contributed by atoms with E-state index in [0.29, 0.717) is 11.6 Å². The average Bonchev–Trinajstić information content (AvgIpc) is 2.48. The molecule has 2 rings (SSSR count). The van der Waals surface area contributed by atoms with Crippen LogP contribution in [0.3, 0.4) is 0 Å². The van der Waals surface area contributed by atoms with E-state index in [4.69, 9.17) is 4.74 Å². The Hall–Kier alpha value is -1.39. The van der Waals surface area contributed by atoms with E-state index in [0.717, 1.165) is 38.0 Å². The molecule has 1 aliphatic rings. The SMILES string of the molecule is COC(=O)c1ccccc1CN(C)C1CCNCC1. The number of piperidine rings is 1. The fraction of sp³-hybridized carbons (Fsp3) is 0.533. The van der Waals surface area contributed by atoms with Gasteiger partial charge < -0.3 is 10.1 Å². The summed E-state index contributed by atoms with van der Waals surface area (Å²) in [6, 6.07) is 8.27. The van der Waals surface area contributed by atoms with Gasteiger partial charge in [0.05, 0.1) is 12.7 Å². The Kier molecular flexibility index (Phi) is 4.93. The maximum Gasteiger partial charge on any atom is 0.338 e. The summed E-state index contributed by atoms with van der Waals surface area (Å²) in [4.78, 5) is 14.1. The highest BCUT2D eigenvalue weighted by Gasteiger charge is 2.19. The van der Waals surface area contributed by atoms with Crippen molar-refractivity contribution in [2.75, 3.05) is 27.2 Å². The van der Waals surface area contributed by atoms with E-state index >= 15 is 0 Å². The lowest BCUT2D eigenvalue weighted by atomic mass is 10.0. The molecule has 1 fully saturated rings. The molecule has 0 radical (unpaired) electrons. The number of rotatable bonds is 4. The van der Waals surface area contributed by atoms with Crippen LogP contribution in [-0.2, 0) is 11.3 Å². The van der Waals surface area contributed by atoms with Gasteiger partial charge in [-0.2, -0.15) is 0 Å². The molecule has 1 aliphatic heterocycles. The molecule has 1 aromatic carbocycles. The first-order valence-corrected chi connectivity index (χ1v) is 6.79. The summed E-state index contributed by atoms with van der Waals surface area (Å²) < 4.78 is 4.84. The highest BCUT2D eigenvalue weighted by atomic mass is 16.5. The summed E-state index contributed by atoms with van der Waals surface area (Å²) >= 11 is 0. The lowest BCUT2D eigenvalue weighted by molar-refractivity contribution is 0.0597. The minimum Gasteiger partial charge on any atom is -0.465 e. The fourth-order valence-corrected chi connectivity index (χ4v) is 2.61. The van der Waals surface area contributed by atoms with E-state index in [2.05, 4.69) is 17.3 Å². The standard InChI is InChI=1S/C15H22N2O2/c1-17(13-7-9-16-10-8-13)11-12-5-3-4-6-14(12)15(18)19-2/h3-6,13,16H,7-11H2,1-2H3. The Morgan fingerprint density at radius 2 is 2.05 bits per heavy atom. The zero-order valence-electron chi connectivity index (χ0n) is 11.7. The Bertz CT molecular complexity index is 428. The van der Waals surface area contributed by atoms with Crippen LogP contribution in [0.25, 0.3) is 0 Å². The zero-order valence-corrected chi connectivity index (χ0v) is 11.7. The first kappa shape index (κ1) is 14.0. The van der Waals surface area contributed by atoms with Gasteiger partial charge >= 0.3 is 5.97 Å². The number of nitrogens with one attached hydrogen (secondary N) is 1. The van der Waals surface area contributed by atoms with Gasteiger partial charge in [0.2, 0.25) is 0 Å². The molecule has 1 saturated heterocycles. The number of esters is 1. The van der Waals surface area contributed by atoms with E-state index in [1.165, 1.54) is 7.11 Å². The van der Waals surface area contributed by atoms with Crippen molar-refractivity contribution in [3.05, 3.63) is 35.4 Å². The summed E-state index contributed by atoms with van der Waals surface area (Å²) in [5.41, 5.74) is 1.71. The van der Waals surface area contributed by atoms with Crippen molar-refractivity contribution in [2.24, 2.45) is 0 Å². The van der Waals surface area contributed by atoms with Gasteiger partial charge in [-0.1, -0.05) is 18.2 Å². The van der Waals surface area contributed by atoms with Crippen LogP contribution in [0.2, 0.25) is 0 Å². The predicted molar refractivity (Wildman–Crippen MR) is 75.1 cm³/mol. The van der Waals surface area contributed by atoms with Crippen LogP contribution in [0.15, 0.2) is 24.3 Å². The van der Waals surface area contributed by atoms with Gasteiger partial charge in [-0.15, -0.1) is 0 Å². The van der Waals surface area contributed by atoms with Crippen LogP contribution in [0.1, 0.15) is 28.8 Å². The topological polar surface area (TPSA) is 41.6 Å². The largest absolute Gasteiger partial charge is 0.465 e. The molecular formula is C15H22N2O2. The third kappa shape index (κ3) is 3.55. The quantitative estimate of drug-likeness (QED) is 0.838. The second-order valence-corrected chi connectivity index (χ2v) is 5.05. The molecule has 0 amide bonds. The van der Waals surface area contributed by atoms with Crippen molar-refractivity contribution in [3.8, 4) is 0 Å². The van der Waals surface area contributed by atoms with E-state index in [9.17, 15) is 4.79 Å². The Labute approximate surface area is 114 Å². The third-order valence-electron chi connectivity index (χ3n) is 3.77. The molecule has 1 aromatic rings. The summed E-state index contributed by atoms with van der Waals surface area (Å²) in [7, 11) is 3.56. The number of nitrogens with zero attached hydrogens (tertiary/aromatic N) is 1. The predicted octanol–water partition coefficient (Wildman–Crippen LogP) is 1.66. The molecule has 0 unspecified atom stereocenters. The first-order valence-electron chi connectivity index (χ1n) is 6.79. The van der Waals surface area contributed by atoms with Gasteiger partial charge in [0.15, 0.2) is 0 Å². The van der Waals surface area contributed by atoms with E-state index in [1.807, 2.05) is 24.3 Å². The number of methoxy groups -OCH3 is 1. The summed E-state index contributed by atoms with van der Waals surface area (Å²) in [5, 5.41) is 3.37. The minimum atomic E-state index is -0.255. The molecule has 0 aliphatic carbocycles. The molecule has 19 heavy (non-hydrogen) atoms. The molecule has 1 heterocycles. The number of carbonyl (C=O) groups is 1. The molecule has 0 atom stereocenters. The lowest BCUT2D eigenvalue weighted by Crippen LogP contribution is -2.40. The summed E-state index contributed by atoms with van der Waals surface area (Å²) in [5.74, 6) is -0.255. The van der Waals surface area contributed by atoms with Crippen LogP contribution >= 0.6 is 0 Å². The first-order chi connectivity index (χ1) is 9.22. The van der Waals surface area contributed by atoms with Gasteiger partial charge in [-0.25, -0.2) is 4.79 Å². The molecule has 4 nitrogen and oxygen atoms in total.